The van der Waals surface area contributed by atoms with Crippen molar-refractivity contribution in [3.63, 3.8) is 0 Å². The molecule has 6 nitrogen and oxygen atoms in total. The third kappa shape index (κ3) is 4.43. The predicted octanol–water partition coefficient (Wildman–Crippen LogP) is 1.64. The fourth-order valence-electron chi connectivity index (χ4n) is 3.18. The van der Waals surface area contributed by atoms with E-state index >= 15 is 0 Å². The van der Waals surface area contributed by atoms with Gasteiger partial charge in [-0.1, -0.05) is 30.3 Å². The van der Waals surface area contributed by atoms with Crippen LogP contribution in [-0.4, -0.2) is 47.7 Å². The summed E-state index contributed by atoms with van der Waals surface area (Å²) < 4.78 is 26.9. The number of nitrogens with one attached hydrogen (secondary N) is 1. The van der Waals surface area contributed by atoms with Crippen molar-refractivity contribution in [2.45, 2.75) is 31.5 Å². The number of piperidine rings is 1. The van der Waals surface area contributed by atoms with Crippen molar-refractivity contribution in [3.05, 3.63) is 54.6 Å². The second-order valence-electron chi connectivity index (χ2n) is 6.33. The molecule has 1 aromatic carbocycles. The van der Waals surface area contributed by atoms with E-state index in [2.05, 4.69) is 27.0 Å². The maximum absolute atomic E-state index is 11.6. The molecule has 0 spiro atoms. The number of hydrogen-bond donors (Lipinski definition) is 1. The van der Waals surface area contributed by atoms with E-state index in [9.17, 15) is 8.42 Å². The Morgan fingerprint density at radius 3 is 2.54 bits per heavy atom. The Labute approximate surface area is 143 Å². The molecular formula is C17H24N4O2S. The lowest BCUT2D eigenvalue weighted by molar-refractivity contribution is 0.267. The van der Waals surface area contributed by atoms with Crippen LogP contribution < -0.4 is 5.32 Å². The number of rotatable bonds is 6. The molecule has 0 saturated carbocycles. The highest BCUT2D eigenvalue weighted by atomic mass is 32.2. The van der Waals surface area contributed by atoms with Crippen LogP contribution in [0, 0.1) is 0 Å². The van der Waals surface area contributed by atoms with Gasteiger partial charge in [0.15, 0.2) is 0 Å². The van der Waals surface area contributed by atoms with Crippen LogP contribution >= 0.6 is 0 Å². The minimum absolute atomic E-state index is 0.176. The molecule has 0 bridgehead atoms. The van der Waals surface area contributed by atoms with E-state index in [1.807, 2.05) is 30.7 Å². The molecule has 1 atom stereocenters. The molecule has 7 heteroatoms. The van der Waals surface area contributed by atoms with Gasteiger partial charge in [-0.2, -0.15) is 0 Å². The van der Waals surface area contributed by atoms with Gasteiger partial charge in [0.05, 0.1) is 18.6 Å². The second kappa shape index (κ2) is 7.46. The number of sulfonamides is 1. The lowest BCUT2D eigenvalue weighted by atomic mass is 10.0. The molecular weight excluding hydrogens is 324 g/mol. The minimum Gasteiger partial charge on any atom is -0.336 e. The van der Waals surface area contributed by atoms with Gasteiger partial charge >= 0.3 is 0 Å². The Kier molecular flexibility index (Phi) is 5.33. The first-order valence-corrected chi connectivity index (χ1v) is 10.1. The second-order valence-corrected chi connectivity index (χ2v) is 8.31. The van der Waals surface area contributed by atoms with Crippen molar-refractivity contribution < 1.29 is 8.42 Å². The molecule has 130 valence electrons. The zero-order valence-corrected chi connectivity index (χ0v) is 14.7. The molecule has 1 aromatic heterocycles. The van der Waals surface area contributed by atoms with E-state index in [-0.39, 0.29) is 6.04 Å². The Bertz CT molecular complexity index is 723. The normalized spacial score (nSPS) is 18.5. The summed E-state index contributed by atoms with van der Waals surface area (Å²) in [5, 5.41) is 3.71. The highest BCUT2D eigenvalue weighted by Crippen LogP contribution is 2.20. The average molecular weight is 348 g/mol. The van der Waals surface area contributed by atoms with E-state index in [1.54, 1.807) is 10.5 Å². The molecule has 2 aromatic rings. The first-order valence-electron chi connectivity index (χ1n) is 8.24. The van der Waals surface area contributed by atoms with Gasteiger partial charge in [0, 0.05) is 38.1 Å². The minimum atomic E-state index is -3.08. The third-order valence-corrected chi connectivity index (χ3v) is 5.82. The summed E-state index contributed by atoms with van der Waals surface area (Å²) in [6.07, 6.45) is 8.52. The van der Waals surface area contributed by atoms with Crippen molar-refractivity contribution in [2.75, 3.05) is 19.3 Å². The predicted molar refractivity (Wildman–Crippen MR) is 94.0 cm³/mol. The van der Waals surface area contributed by atoms with Gasteiger partial charge < -0.3 is 9.88 Å². The van der Waals surface area contributed by atoms with Crippen LogP contribution in [0.3, 0.4) is 0 Å². The van der Waals surface area contributed by atoms with Gasteiger partial charge in [-0.25, -0.2) is 17.7 Å². The lowest BCUT2D eigenvalue weighted by Crippen LogP contribution is -2.46. The van der Waals surface area contributed by atoms with Crippen LogP contribution in [0.1, 0.15) is 24.4 Å². The SMILES string of the molecule is CS(=O)(=O)N1CCC(NC(Cn2ccnc2)c2ccccc2)CC1. The topological polar surface area (TPSA) is 67.2 Å². The zero-order valence-electron chi connectivity index (χ0n) is 13.9. The van der Waals surface area contributed by atoms with E-state index in [1.165, 1.54) is 11.8 Å². The van der Waals surface area contributed by atoms with Crippen LogP contribution in [-0.2, 0) is 16.6 Å². The average Bonchev–Trinajstić information content (AvgIpc) is 3.08. The molecule has 1 aliphatic rings. The summed E-state index contributed by atoms with van der Waals surface area (Å²) in [4.78, 5) is 4.11. The van der Waals surface area contributed by atoms with Gasteiger partial charge in [0.25, 0.3) is 0 Å². The molecule has 1 unspecified atom stereocenters. The first-order chi connectivity index (χ1) is 11.5. The Morgan fingerprint density at radius 2 is 1.96 bits per heavy atom. The standard InChI is InChI=1S/C17H24N4O2S/c1-24(22,23)21-10-7-16(8-11-21)19-17(13-20-12-9-18-14-20)15-5-3-2-4-6-15/h2-6,9,12,14,16-17,19H,7-8,10-11,13H2,1H3. The number of nitrogens with zero attached hydrogens (tertiary/aromatic N) is 3. The number of imidazole rings is 1. The van der Waals surface area contributed by atoms with Crippen LogP contribution in [0.25, 0.3) is 0 Å². The molecule has 0 amide bonds. The zero-order chi connectivity index (χ0) is 17.0. The Morgan fingerprint density at radius 1 is 1.25 bits per heavy atom. The van der Waals surface area contributed by atoms with Crippen molar-refractivity contribution in [3.8, 4) is 0 Å². The summed E-state index contributed by atoms with van der Waals surface area (Å²) in [6, 6.07) is 10.9. The number of benzene rings is 1. The Balaban J connectivity index is 1.66. The lowest BCUT2D eigenvalue weighted by Gasteiger charge is -2.33. The number of hydrogen-bond acceptors (Lipinski definition) is 4. The van der Waals surface area contributed by atoms with Crippen LogP contribution in [0.15, 0.2) is 49.1 Å². The molecule has 1 aliphatic heterocycles. The summed E-state index contributed by atoms with van der Waals surface area (Å²) in [7, 11) is -3.08. The maximum Gasteiger partial charge on any atom is 0.211 e. The Hall–Kier alpha value is -1.70. The quantitative estimate of drug-likeness (QED) is 0.862. The highest BCUT2D eigenvalue weighted by Gasteiger charge is 2.26. The fourth-order valence-corrected chi connectivity index (χ4v) is 4.06. The van der Waals surface area contributed by atoms with Crippen molar-refractivity contribution in [1.29, 1.82) is 0 Å². The smallest absolute Gasteiger partial charge is 0.211 e. The molecule has 24 heavy (non-hydrogen) atoms. The van der Waals surface area contributed by atoms with Gasteiger partial charge in [-0.05, 0) is 18.4 Å². The van der Waals surface area contributed by atoms with E-state index in [0.717, 1.165) is 19.4 Å². The molecule has 1 fully saturated rings. The highest BCUT2D eigenvalue weighted by molar-refractivity contribution is 7.88. The molecule has 1 saturated heterocycles. The summed E-state index contributed by atoms with van der Waals surface area (Å²) >= 11 is 0. The van der Waals surface area contributed by atoms with Gasteiger partial charge in [0.2, 0.25) is 10.0 Å². The number of aromatic nitrogens is 2. The van der Waals surface area contributed by atoms with E-state index in [0.29, 0.717) is 19.1 Å². The van der Waals surface area contributed by atoms with Crippen LogP contribution in [0.2, 0.25) is 0 Å². The van der Waals surface area contributed by atoms with E-state index in [4.69, 9.17) is 0 Å². The summed E-state index contributed by atoms with van der Waals surface area (Å²) in [5.74, 6) is 0. The van der Waals surface area contributed by atoms with Crippen molar-refractivity contribution >= 4 is 10.0 Å². The van der Waals surface area contributed by atoms with Gasteiger partial charge in [0.1, 0.15) is 0 Å². The molecule has 0 aliphatic carbocycles. The molecule has 0 radical (unpaired) electrons. The largest absolute Gasteiger partial charge is 0.336 e. The van der Waals surface area contributed by atoms with Crippen LogP contribution in [0.4, 0.5) is 0 Å². The van der Waals surface area contributed by atoms with E-state index < -0.39 is 10.0 Å². The molecule has 3 rings (SSSR count). The van der Waals surface area contributed by atoms with Crippen molar-refractivity contribution in [2.24, 2.45) is 0 Å². The maximum atomic E-state index is 11.6. The summed E-state index contributed by atoms with van der Waals surface area (Å²) in [6.45, 7) is 1.97. The fraction of sp³-hybridized carbons (Fsp3) is 0.471. The van der Waals surface area contributed by atoms with Gasteiger partial charge in [-0.3, -0.25) is 0 Å². The molecule has 1 N–H and O–H groups in total. The monoisotopic (exact) mass is 348 g/mol. The van der Waals surface area contributed by atoms with Gasteiger partial charge in [-0.15, -0.1) is 0 Å². The van der Waals surface area contributed by atoms with Crippen molar-refractivity contribution in [1.82, 2.24) is 19.2 Å². The molecule has 2 heterocycles. The third-order valence-electron chi connectivity index (χ3n) is 4.51. The first kappa shape index (κ1) is 17.1. The van der Waals surface area contributed by atoms with Crippen LogP contribution in [0.5, 0.6) is 0 Å². The summed E-state index contributed by atoms with van der Waals surface area (Å²) in [5.41, 5.74) is 1.23.